The first-order valence-electron chi connectivity index (χ1n) is 6.10. The number of amides is 1. The number of thiophene rings is 1. The molecule has 0 saturated heterocycles. The van der Waals surface area contributed by atoms with Crippen LogP contribution in [0.4, 0.5) is 5.69 Å². The Morgan fingerprint density at radius 1 is 1.37 bits per heavy atom. The van der Waals surface area contributed by atoms with Gasteiger partial charge in [-0.25, -0.2) is 0 Å². The quantitative estimate of drug-likeness (QED) is 0.911. The van der Waals surface area contributed by atoms with Crippen molar-refractivity contribution in [1.29, 1.82) is 0 Å². The molecule has 0 fully saturated rings. The highest BCUT2D eigenvalue weighted by molar-refractivity contribution is 7.17. The van der Waals surface area contributed by atoms with Gasteiger partial charge in [-0.1, -0.05) is 29.8 Å². The second-order valence-electron chi connectivity index (χ2n) is 4.48. The molecule has 1 aliphatic rings. The molecule has 0 unspecified atom stereocenters. The fourth-order valence-electron chi connectivity index (χ4n) is 2.28. The molecule has 0 bridgehead atoms. The van der Waals surface area contributed by atoms with Crippen molar-refractivity contribution in [3.05, 3.63) is 51.2 Å². The first kappa shape index (κ1) is 12.5. The molecule has 5 heteroatoms. The highest BCUT2D eigenvalue weighted by Gasteiger charge is 2.22. The van der Waals surface area contributed by atoms with E-state index in [9.17, 15) is 4.79 Å². The standard InChI is InChI=1S/C14H13ClN2OS/c15-13-6-5-12(19-13)14(18)17-8-9-7-16-11-4-2-1-3-10(9)11/h1-6,9,16H,7-8H2,(H,17,18)/t9-/m0/s1. The minimum Gasteiger partial charge on any atom is -0.384 e. The average molecular weight is 293 g/mol. The Kier molecular flexibility index (Phi) is 3.44. The Morgan fingerprint density at radius 3 is 3.00 bits per heavy atom. The van der Waals surface area contributed by atoms with Gasteiger partial charge in [-0.05, 0) is 23.8 Å². The smallest absolute Gasteiger partial charge is 0.261 e. The van der Waals surface area contributed by atoms with Crippen molar-refractivity contribution >= 4 is 34.5 Å². The van der Waals surface area contributed by atoms with Gasteiger partial charge in [0.25, 0.3) is 5.91 Å². The zero-order chi connectivity index (χ0) is 13.2. The van der Waals surface area contributed by atoms with Gasteiger partial charge in [0, 0.05) is 24.7 Å². The van der Waals surface area contributed by atoms with Gasteiger partial charge in [-0.15, -0.1) is 11.3 Å². The number of fused-ring (bicyclic) bond motifs is 1. The van der Waals surface area contributed by atoms with Crippen LogP contribution in [0.5, 0.6) is 0 Å². The van der Waals surface area contributed by atoms with Crippen LogP contribution in [-0.4, -0.2) is 19.0 Å². The summed E-state index contributed by atoms with van der Waals surface area (Å²) >= 11 is 7.13. The van der Waals surface area contributed by atoms with E-state index in [0.29, 0.717) is 21.7 Å². The van der Waals surface area contributed by atoms with Gasteiger partial charge in [0.2, 0.25) is 0 Å². The molecular weight excluding hydrogens is 280 g/mol. The molecule has 2 heterocycles. The number of rotatable bonds is 3. The van der Waals surface area contributed by atoms with Gasteiger partial charge in [0.1, 0.15) is 0 Å². The molecule has 3 nitrogen and oxygen atoms in total. The van der Waals surface area contributed by atoms with E-state index in [-0.39, 0.29) is 5.91 Å². The predicted molar refractivity (Wildman–Crippen MR) is 79.3 cm³/mol. The van der Waals surface area contributed by atoms with Crippen LogP contribution in [0.15, 0.2) is 36.4 Å². The molecule has 0 aliphatic carbocycles. The van der Waals surface area contributed by atoms with Crippen LogP contribution in [0, 0.1) is 0 Å². The summed E-state index contributed by atoms with van der Waals surface area (Å²) in [6, 6.07) is 11.7. The maximum atomic E-state index is 11.9. The lowest BCUT2D eigenvalue weighted by Crippen LogP contribution is -2.28. The minimum absolute atomic E-state index is 0.0544. The van der Waals surface area contributed by atoms with Crippen molar-refractivity contribution in [2.24, 2.45) is 0 Å². The van der Waals surface area contributed by atoms with Gasteiger partial charge in [0.05, 0.1) is 9.21 Å². The molecule has 0 spiro atoms. The number of hydrogen-bond acceptors (Lipinski definition) is 3. The zero-order valence-electron chi connectivity index (χ0n) is 10.2. The maximum absolute atomic E-state index is 11.9. The molecule has 0 saturated carbocycles. The Hall–Kier alpha value is -1.52. The number of hydrogen-bond donors (Lipinski definition) is 2. The SMILES string of the molecule is O=C(NC[C@@H]1CNc2ccccc21)c1ccc(Cl)s1. The molecule has 19 heavy (non-hydrogen) atoms. The lowest BCUT2D eigenvalue weighted by Gasteiger charge is -2.10. The van der Waals surface area contributed by atoms with Gasteiger partial charge in [-0.2, -0.15) is 0 Å². The van der Waals surface area contributed by atoms with E-state index in [0.717, 1.165) is 6.54 Å². The van der Waals surface area contributed by atoms with E-state index < -0.39 is 0 Å². The van der Waals surface area contributed by atoms with Crippen molar-refractivity contribution in [3.8, 4) is 0 Å². The fourth-order valence-corrected chi connectivity index (χ4v) is 3.24. The summed E-state index contributed by atoms with van der Waals surface area (Å²) in [5.74, 6) is 0.275. The van der Waals surface area contributed by atoms with Gasteiger partial charge < -0.3 is 10.6 Å². The monoisotopic (exact) mass is 292 g/mol. The summed E-state index contributed by atoms with van der Waals surface area (Å²) in [6.07, 6.45) is 0. The number of anilines is 1. The molecule has 98 valence electrons. The predicted octanol–water partition coefficient (Wildman–Crippen LogP) is 3.34. The van der Waals surface area contributed by atoms with Crippen LogP contribution in [0.25, 0.3) is 0 Å². The third kappa shape index (κ3) is 2.60. The highest BCUT2D eigenvalue weighted by atomic mass is 35.5. The summed E-state index contributed by atoms with van der Waals surface area (Å²) in [5.41, 5.74) is 2.44. The first-order valence-corrected chi connectivity index (χ1v) is 7.30. The largest absolute Gasteiger partial charge is 0.384 e. The Balaban J connectivity index is 1.63. The van der Waals surface area contributed by atoms with Crippen LogP contribution in [0.1, 0.15) is 21.2 Å². The van der Waals surface area contributed by atoms with E-state index in [1.807, 2.05) is 12.1 Å². The third-order valence-corrected chi connectivity index (χ3v) is 4.48. The number of carbonyl (C=O) groups excluding carboxylic acids is 1. The number of para-hydroxylation sites is 1. The Morgan fingerprint density at radius 2 is 2.21 bits per heavy atom. The number of halogens is 1. The molecule has 1 aliphatic heterocycles. The molecular formula is C14H13ClN2OS. The van der Waals surface area contributed by atoms with Crippen LogP contribution in [-0.2, 0) is 0 Å². The molecule has 1 atom stereocenters. The lowest BCUT2D eigenvalue weighted by atomic mass is 10.0. The maximum Gasteiger partial charge on any atom is 0.261 e. The summed E-state index contributed by atoms with van der Waals surface area (Å²) in [5, 5.41) is 6.32. The van der Waals surface area contributed by atoms with Crippen molar-refractivity contribution in [3.63, 3.8) is 0 Å². The fraction of sp³-hybridized carbons (Fsp3) is 0.214. The number of carbonyl (C=O) groups is 1. The zero-order valence-corrected chi connectivity index (χ0v) is 11.7. The normalized spacial score (nSPS) is 16.8. The van der Waals surface area contributed by atoms with Crippen molar-refractivity contribution in [2.45, 2.75) is 5.92 Å². The summed E-state index contributed by atoms with van der Waals surface area (Å²) in [4.78, 5) is 12.6. The van der Waals surface area contributed by atoms with Crippen molar-refractivity contribution in [2.75, 3.05) is 18.4 Å². The van der Waals surface area contributed by atoms with Crippen LogP contribution in [0.3, 0.4) is 0 Å². The second kappa shape index (κ2) is 5.23. The first-order chi connectivity index (χ1) is 9.24. The second-order valence-corrected chi connectivity index (χ2v) is 6.19. The number of benzene rings is 1. The molecule has 1 amide bonds. The van der Waals surface area contributed by atoms with Gasteiger partial charge >= 0.3 is 0 Å². The third-order valence-electron chi connectivity index (χ3n) is 3.25. The molecule has 1 aromatic carbocycles. The lowest BCUT2D eigenvalue weighted by molar-refractivity contribution is 0.0956. The van der Waals surface area contributed by atoms with E-state index in [4.69, 9.17) is 11.6 Å². The van der Waals surface area contributed by atoms with Crippen LogP contribution < -0.4 is 10.6 Å². The van der Waals surface area contributed by atoms with Crippen molar-refractivity contribution < 1.29 is 4.79 Å². The summed E-state index contributed by atoms with van der Waals surface area (Å²) in [7, 11) is 0. The molecule has 0 radical (unpaired) electrons. The Labute approximate surface area is 120 Å². The molecule has 2 N–H and O–H groups in total. The Bertz CT molecular complexity index is 611. The summed E-state index contributed by atoms with van der Waals surface area (Å²) in [6.45, 7) is 1.50. The van der Waals surface area contributed by atoms with E-state index in [1.165, 1.54) is 22.6 Å². The van der Waals surface area contributed by atoms with Gasteiger partial charge in [0.15, 0.2) is 0 Å². The van der Waals surface area contributed by atoms with E-state index in [1.54, 1.807) is 12.1 Å². The highest BCUT2D eigenvalue weighted by Crippen LogP contribution is 2.30. The van der Waals surface area contributed by atoms with Gasteiger partial charge in [-0.3, -0.25) is 4.79 Å². The number of nitrogens with one attached hydrogen (secondary N) is 2. The topological polar surface area (TPSA) is 41.1 Å². The van der Waals surface area contributed by atoms with Crippen LogP contribution >= 0.6 is 22.9 Å². The molecule has 3 rings (SSSR count). The van der Waals surface area contributed by atoms with E-state index in [2.05, 4.69) is 22.8 Å². The average Bonchev–Trinajstić information content (AvgIpc) is 3.02. The van der Waals surface area contributed by atoms with Crippen LogP contribution in [0.2, 0.25) is 4.34 Å². The molecule has 2 aromatic rings. The van der Waals surface area contributed by atoms with E-state index >= 15 is 0 Å². The summed E-state index contributed by atoms with van der Waals surface area (Å²) < 4.78 is 0.637. The molecule has 1 aromatic heterocycles. The van der Waals surface area contributed by atoms with Crippen molar-refractivity contribution in [1.82, 2.24) is 5.32 Å². The minimum atomic E-state index is -0.0544.